The molecule has 1 aliphatic heterocycles. The summed E-state index contributed by atoms with van der Waals surface area (Å²) < 4.78 is 0. The molecule has 19 heavy (non-hydrogen) atoms. The minimum absolute atomic E-state index is 0.269. The molecule has 1 N–H and O–H groups in total. The van der Waals surface area contributed by atoms with Crippen molar-refractivity contribution in [2.45, 2.75) is 45.7 Å². The molecule has 4 heteroatoms. The van der Waals surface area contributed by atoms with Gasteiger partial charge in [0.2, 0.25) is 5.91 Å². The molecule has 0 radical (unpaired) electrons. The maximum atomic E-state index is 12.4. The molecule has 1 saturated heterocycles. The minimum Gasteiger partial charge on any atom is -0.337 e. The number of amides is 1. The van der Waals surface area contributed by atoms with Crippen molar-refractivity contribution in [3.63, 3.8) is 0 Å². The van der Waals surface area contributed by atoms with Crippen LogP contribution in [-0.4, -0.2) is 36.0 Å². The molecule has 0 bridgehead atoms. The van der Waals surface area contributed by atoms with Crippen LogP contribution in [0.4, 0.5) is 0 Å². The van der Waals surface area contributed by atoms with E-state index in [1.165, 1.54) is 0 Å². The SMILES string of the molecule is CC(C)CC1CN(C(=O)Cc2cccs2)C(C)CN1. The van der Waals surface area contributed by atoms with Gasteiger partial charge < -0.3 is 10.2 Å². The van der Waals surface area contributed by atoms with E-state index in [1.54, 1.807) is 11.3 Å². The number of thiophene rings is 1. The highest BCUT2D eigenvalue weighted by Crippen LogP contribution is 2.16. The van der Waals surface area contributed by atoms with Gasteiger partial charge in [0.25, 0.3) is 0 Å². The smallest absolute Gasteiger partial charge is 0.228 e. The lowest BCUT2D eigenvalue weighted by Crippen LogP contribution is -2.57. The van der Waals surface area contributed by atoms with Gasteiger partial charge in [0, 0.05) is 30.1 Å². The molecule has 1 aliphatic rings. The second kappa shape index (κ2) is 6.53. The lowest BCUT2D eigenvalue weighted by molar-refractivity contribution is -0.134. The Morgan fingerprint density at radius 3 is 3.00 bits per heavy atom. The Labute approximate surface area is 120 Å². The fourth-order valence-electron chi connectivity index (χ4n) is 2.67. The van der Waals surface area contributed by atoms with Crippen LogP contribution >= 0.6 is 11.3 Å². The maximum absolute atomic E-state index is 12.4. The van der Waals surface area contributed by atoms with Crippen LogP contribution in [0, 0.1) is 5.92 Å². The van der Waals surface area contributed by atoms with Gasteiger partial charge in [0.05, 0.1) is 6.42 Å². The van der Waals surface area contributed by atoms with E-state index in [-0.39, 0.29) is 5.91 Å². The Bertz CT molecular complexity index is 402. The van der Waals surface area contributed by atoms with Crippen LogP contribution in [0.2, 0.25) is 0 Å². The fraction of sp³-hybridized carbons (Fsp3) is 0.667. The highest BCUT2D eigenvalue weighted by atomic mass is 32.1. The predicted molar refractivity (Wildman–Crippen MR) is 80.4 cm³/mol. The monoisotopic (exact) mass is 280 g/mol. The molecule has 2 atom stereocenters. The Kier molecular flexibility index (Phi) is 4.99. The van der Waals surface area contributed by atoms with E-state index in [0.29, 0.717) is 24.4 Å². The molecule has 0 saturated carbocycles. The first-order valence-electron chi connectivity index (χ1n) is 7.11. The second-order valence-corrected chi connectivity index (χ2v) is 6.92. The van der Waals surface area contributed by atoms with Crippen LogP contribution in [0.5, 0.6) is 0 Å². The molecule has 2 unspecified atom stereocenters. The average molecular weight is 280 g/mol. The quantitative estimate of drug-likeness (QED) is 0.919. The lowest BCUT2D eigenvalue weighted by atomic mass is 10.00. The van der Waals surface area contributed by atoms with E-state index < -0.39 is 0 Å². The van der Waals surface area contributed by atoms with E-state index >= 15 is 0 Å². The van der Waals surface area contributed by atoms with Crippen molar-refractivity contribution in [1.29, 1.82) is 0 Å². The summed E-state index contributed by atoms with van der Waals surface area (Å²) in [5.74, 6) is 0.936. The average Bonchev–Trinajstić information content (AvgIpc) is 2.83. The third kappa shape index (κ3) is 4.05. The molecule has 1 aromatic heterocycles. The predicted octanol–water partition coefficient (Wildman–Crippen LogP) is 2.53. The van der Waals surface area contributed by atoms with Crippen LogP contribution in [0.15, 0.2) is 17.5 Å². The van der Waals surface area contributed by atoms with E-state index in [1.807, 2.05) is 17.5 Å². The van der Waals surface area contributed by atoms with Crippen LogP contribution in [0.3, 0.4) is 0 Å². The van der Waals surface area contributed by atoms with Crippen molar-refractivity contribution in [3.8, 4) is 0 Å². The summed E-state index contributed by atoms with van der Waals surface area (Å²) in [5, 5.41) is 5.59. The fourth-order valence-corrected chi connectivity index (χ4v) is 3.36. The first-order chi connectivity index (χ1) is 9.06. The topological polar surface area (TPSA) is 32.3 Å². The molecule has 1 aromatic rings. The van der Waals surface area contributed by atoms with Crippen molar-refractivity contribution in [3.05, 3.63) is 22.4 Å². The minimum atomic E-state index is 0.269. The van der Waals surface area contributed by atoms with Crippen molar-refractivity contribution < 1.29 is 4.79 Å². The Hall–Kier alpha value is -0.870. The molecular weight excluding hydrogens is 256 g/mol. The number of nitrogens with zero attached hydrogens (tertiary/aromatic N) is 1. The van der Waals surface area contributed by atoms with Crippen molar-refractivity contribution >= 4 is 17.2 Å². The number of carbonyl (C=O) groups excluding carboxylic acids is 1. The van der Waals surface area contributed by atoms with E-state index in [4.69, 9.17) is 0 Å². The third-order valence-electron chi connectivity index (χ3n) is 3.63. The first-order valence-corrected chi connectivity index (χ1v) is 7.99. The maximum Gasteiger partial charge on any atom is 0.228 e. The summed E-state index contributed by atoms with van der Waals surface area (Å²) in [6, 6.07) is 4.80. The number of nitrogens with one attached hydrogen (secondary N) is 1. The van der Waals surface area contributed by atoms with Crippen molar-refractivity contribution in [2.24, 2.45) is 5.92 Å². The van der Waals surface area contributed by atoms with Gasteiger partial charge >= 0.3 is 0 Å². The molecule has 0 aliphatic carbocycles. The summed E-state index contributed by atoms with van der Waals surface area (Å²) in [7, 11) is 0. The molecule has 0 spiro atoms. The van der Waals surface area contributed by atoms with Crippen LogP contribution in [-0.2, 0) is 11.2 Å². The summed E-state index contributed by atoms with van der Waals surface area (Å²) in [6.45, 7) is 8.36. The van der Waals surface area contributed by atoms with Gasteiger partial charge in [-0.05, 0) is 30.7 Å². The standard InChI is InChI=1S/C15H24N2OS/c1-11(2)7-13-10-17(12(3)9-16-13)15(18)8-14-5-4-6-19-14/h4-6,11-13,16H,7-10H2,1-3H3. The van der Waals surface area contributed by atoms with Gasteiger partial charge in [0.1, 0.15) is 0 Å². The summed E-state index contributed by atoms with van der Waals surface area (Å²) in [5.41, 5.74) is 0. The van der Waals surface area contributed by atoms with Crippen molar-refractivity contribution in [1.82, 2.24) is 10.2 Å². The zero-order chi connectivity index (χ0) is 13.8. The summed E-state index contributed by atoms with van der Waals surface area (Å²) in [4.78, 5) is 15.6. The summed E-state index contributed by atoms with van der Waals surface area (Å²) in [6.07, 6.45) is 1.69. The summed E-state index contributed by atoms with van der Waals surface area (Å²) >= 11 is 1.66. The van der Waals surface area contributed by atoms with Gasteiger partial charge in [-0.15, -0.1) is 11.3 Å². The molecule has 1 fully saturated rings. The molecule has 1 amide bonds. The number of hydrogen-bond acceptors (Lipinski definition) is 3. The molecule has 106 valence electrons. The van der Waals surface area contributed by atoms with Gasteiger partial charge in [0.15, 0.2) is 0 Å². The van der Waals surface area contributed by atoms with Gasteiger partial charge in [-0.1, -0.05) is 19.9 Å². The zero-order valence-corrected chi connectivity index (χ0v) is 12.9. The highest BCUT2D eigenvalue weighted by molar-refractivity contribution is 7.10. The van der Waals surface area contributed by atoms with E-state index in [2.05, 4.69) is 31.0 Å². The zero-order valence-electron chi connectivity index (χ0n) is 12.1. The van der Waals surface area contributed by atoms with Crippen LogP contribution in [0.25, 0.3) is 0 Å². The molecule has 3 nitrogen and oxygen atoms in total. The van der Waals surface area contributed by atoms with Crippen LogP contribution < -0.4 is 5.32 Å². The molecule has 0 aromatic carbocycles. The highest BCUT2D eigenvalue weighted by Gasteiger charge is 2.28. The first kappa shape index (κ1) is 14.5. The number of carbonyl (C=O) groups is 1. The number of piperazine rings is 1. The Balaban J connectivity index is 1.94. The molecular formula is C15H24N2OS. The largest absolute Gasteiger partial charge is 0.337 e. The normalized spacial score (nSPS) is 23.9. The molecule has 2 heterocycles. The Morgan fingerprint density at radius 1 is 1.58 bits per heavy atom. The van der Waals surface area contributed by atoms with Crippen LogP contribution in [0.1, 0.15) is 32.1 Å². The Morgan fingerprint density at radius 2 is 2.37 bits per heavy atom. The van der Waals surface area contributed by atoms with Gasteiger partial charge in [-0.2, -0.15) is 0 Å². The van der Waals surface area contributed by atoms with E-state index in [9.17, 15) is 4.79 Å². The van der Waals surface area contributed by atoms with Crippen molar-refractivity contribution in [2.75, 3.05) is 13.1 Å². The molecule has 2 rings (SSSR count). The second-order valence-electron chi connectivity index (χ2n) is 5.89. The third-order valence-corrected chi connectivity index (χ3v) is 4.51. The number of rotatable bonds is 4. The van der Waals surface area contributed by atoms with E-state index in [0.717, 1.165) is 24.4 Å². The lowest BCUT2D eigenvalue weighted by Gasteiger charge is -2.39. The van der Waals surface area contributed by atoms with Gasteiger partial charge in [-0.25, -0.2) is 0 Å². The number of hydrogen-bond donors (Lipinski definition) is 1. The van der Waals surface area contributed by atoms with Gasteiger partial charge in [-0.3, -0.25) is 4.79 Å².